The Hall–Kier alpha value is -1.06. The van der Waals surface area contributed by atoms with E-state index in [4.69, 9.17) is 4.74 Å². The minimum Gasteiger partial charge on any atom is -0.496 e. The second-order valence-corrected chi connectivity index (χ2v) is 7.01. The molecule has 1 aliphatic heterocycles. The summed E-state index contributed by atoms with van der Waals surface area (Å²) in [5.41, 5.74) is 2.83. The lowest BCUT2D eigenvalue weighted by Crippen LogP contribution is -2.60. The molecular formula is C18H24ClNO2. The number of ether oxygens (including phenoxy) is 1. The third kappa shape index (κ3) is 2.02. The molecule has 22 heavy (non-hydrogen) atoms. The number of nitrogens with zero attached hydrogens (tertiary/aromatic N) is 1. The normalized spacial score (nSPS) is 33.5. The molecule has 2 bridgehead atoms. The maximum atomic E-state index is 12.2. The molecule has 1 heterocycles. The van der Waals surface area contributed by atoms with Gasteiger partial charge in [-0.15, -0.1) is 12.4 Å². The summed E-state index contributed by atoms with van der Waals surface area (Å²) >= 11 is 0. The SMILES string of the molecule is COc1cccc2c1C[C@@H]1[C@@H]3CCC(=O)C[C@]23CCN1C.Cl. The van der Waals surface area contributed by atoms with E-state index in [0.29, 0.717) is 17.7 Å². The number of likely N-dealkylation sites (N-methyl/N-ethyl adjacent to an activating group) is 1. The summed E-state index contributed by atoms with van der Waals surface area (Å²) in [6.07, 6.45) is 4.75. The Bertz CT molecular complexity index is 603. The standard InChI is InChI=1S/C18H23NO2.ClH/c1-19-9-8-18-11-12(20)6-7-15(18)16(19)10-13-14(18)4-3-5-17(13)21-2;/h3-5,15-16H,6-11H2,1-2H3;1H/t15-,16+,18+;/m0./s1. The molecule has 2 fully saturated rings. The van der Waals surface area contributed by atoms with Crippen molar-refractivity contribution in [2.24, 2.45) is 5.92 Å². The van der Waals surface area contributed by atoms with Gasteiger partial charge in [-0.2, -0.15) is 0 Å². The Morgan fingerprint density at radius 3 is 2.95 bits per heavy atom. The van der Waals surface area contributed by atoms with E-state index in [9.17, 15) is 4.79 Å². The van der Waals surface area contributed by atoms with Crippen LogP contribution in [0.5, 0.6) is 5.75 Å². The molecule has 0 radical (unpaired) electrons. The molecule has 1 aromatic carbocycles. The highest BCUT2D eigenvalue weighted by atomic mass is 35.5. The van der Waals surface area contributed by atoms with Crippen LogP contribution in [0.15, 0.2) is 18.2 Å². The first-order chi connectivity index (χ1) is 10.2. The predicted octanol–water partition coefficient (Wildman–Crippen LogP) is 2.98. The molecule has 4 heteroatoms. The quantitative estimate of drug-likeness (QED) is 0.796. The van der Waals surface area contributed by atoms with Crippen LogP contribution in [-0.2, 0) is 16.6 Å². The van der Waals surface area contributed by atoms with Crippen LogP contribution in [0, 0.1) is 5.92 Å². The maximum absolute atomic E-state index is 12.2. The molecule has 3 atom stereocenters. The fourth-order valence-corrected chi connectivity index (χ4v) is 5.22. The van der Waals surface area contributed by atoms with Crippen LogP contribution in [0.2, 0.25) is 0 Å². The molecular weight excluding hydrogens is 298 g/mol. The Morgan fingerprint density at radius 2 is 2.18 bits per heavy atom. The van der Waals surface area contributed by atoms with Crippen molar-refractivity contribution in [3.05, 3.63) is 29.3 Å². The van der Waals surface area contributed by atoms with Crippen molar-refractivity contribution >= 4 is 18.2 Å². The third-order valence-corrected chi connectivity index (χ3v) is 6.20. The van der Waals surface area contributed by atoms with Crippen LogP contribution in [0.25, 0.3) is 0 Å². The number of likely N-dealkylation sites (tertiary alicyclic amines) is 1. The second-order valence-electron chi connectivity index (χ2n) is 7.01. The number of methoxy groups -OCH3 is 1. The van der Waals surface area contributed by atoms with Crippen LogP contribution >= 0.6 is 12.4 Å². The number of hydrogen-bond donors (Lipinski definition) is 0. The van der Waals surface area contributed by atoms with Gasteiger partial charge in [0, 0.05) is 24.3 Å². The first-order valence-electron chi connectivity index (χ1n) is 8.04. The van der Waals surface area contributed by atoms with Gasteiger partial charge < -0.3 is 9.64 Å². The molecule has 3 nitrogen and oxygen atoms in total. The van der Waals surface area contributed by atoms with E-state index in [1.807, 2.05) is 0 Å². The van der Waals surface area contributed by atoms with E-state index >= 15 is 0 Å². The van der Waals surface area contributed by atoms with Crippen LogP contribution in [0.1, 0.15) is 36.8 Å². The maximum Gasteiger partial charge on any atom is 0.133 e. The molecule has 1 aromatic rings. The van der Waals surface area contributed by atoms with E-state index in [-0.39, 0.29) is 17.8 Å². The molecule has 4 rings (SSSR count). The van der Waals surface area contributed by atoms with E-state index in [1.165, 1.54) is 11.1 Å². The van der Waals surface area contributed by atoms with Crippen molar-refractivity contribution in [3.63, 3.8) is 0 Å². The largest absolute Gasteiger partial charge is 0.496 e. The zero-order chi connectivity index (χ0) is 14.6. The monoisotopic (exact) mass is 321 g/mol. The lowest BCUT2D eigenvalue weighted by molar-refractivity contribution is -0.126. The summed E-state index contributed by atoms with van der Waals surface area (Å²) in [6, 6.07) is 6.98. The smallest absolute Gasteiger partial charge is 0.133 e. The van der Waals surface area contributed by atoms with Crippen molar-refractivity contribution in [3.8, 4) is 5.75 Å². The molecule has 0 spiro atoms. The van der Waals surface area contributed by atoms with Gasteiger partial charge in [-0.1, -0.05) is 12.1 Å². The molecule has 1 saturated carbocycles. The number of piperidine rings is 1. The van der Waals surface area contributed by atoms with Crippen molar-refractivity contribution in [1.82, 2.24) is 4.90 Å². The molecule has 2 aliphatic carbocycles. The van der Waals surface area contributed by atoms with Gasteiger partial charge in [-0.25, -0.2) is 0 Å². The third-order valence-electron chi connectivity index (χ3n) is 6.20. The Morgan fingerprint density at radius 1 is 1.36 bits per heavy atom. The molecule has 0 unspecified atom stereocenters. The number of rotatable bonds is 1. The number of carbonyl (C=O) groups is 1. The fourth-order valence-electron chi connectivity index (χ4n) is 5.22. The van der Waals surface area contributed by atoms with Crippen molar-refractivity contribution in [2.75, 3.05) is 20.7 Å². The van der Waals surface area contributed by atoms with E-state index < -0.39 is 0 Å². The molecule has 0 N–H and O–H groups in total. The van der Waals surface area contributed by atoms with E-state index in [0.717, 1.165) is 44.4 Å². The Labute approximate surface area is 138 Å². The van der Waals surface area contributed by atoms with Gasteiger partial charge in [0.2, 0.25) is 0 Å². The second kappa shape index (κ2) is 5.54. The summed E-state index contributed by atoms with van der Waals surface area (Å²) < 4.78 is 5.61. The van der Waals surface area contributed by atoms with Crippen molar-refractivity contribution in [2.45, 2.75) is 43.6 Å². The van der Waals surface area contributed by atoms with E-state index in [2.05, 4.69) is 30.1 Å². The number of carbonyl (C=O) groups excluding carboxylic acids is 1. The number of hydrogen-bond acceptors (Lipinski definition) is 3. The van der Waals surface area contributed by atoms with Gasteiger partial charge in [0.05, 0.1) is 7.11 Å². The molecule has 120 valence electrons. The summed E-state index contributed by atoms with van der Waals surface area (Å²) in [5.74, 6) is 2.09. The number of benzene rings is 1. The summed E-state index contributed by atoms with van der Waals surface area (Å²) in [6.45, 7) is 1.10. The van der Waals surface area contributed by atoms with Gasteiger partial charge >= 0.3 is 0 Å². The van der Waals surface area contributed by atoms with Gasteiger partial charge in [-0.05, 0) is 56.0 Å². The average Bonchev–Trinajstić information content (AvgIpc) is 2.50. The lowest BCUT2D eigenvalue weighted by Gasteiger charge is -2.58. The lowest BCUT2D eigenvalue weighted by atomic mass is 9.52. The van der Waals surface area contributed by atoms with Crippen molar-refractivity contribution < 1.29 is 9.53 Å². The highest BCUT2D eigenvalue weighted by molar-refractivity contribution is 5.85. The Balaban J connectivity index is 0.00000144. The summed E-state index contributed by atoms with van der Waals surface area (Å²) in [5, 5.41) is 0. The summed E-state index contributed by atoms with van der Waals surface area (Å²) in [4.78, 5) is 14.7. The van der Waals surface area contributed by atoms with Crippen molar-refractivity contribution in [1.29, 1.82) is 0 Å². The highest BCUT2D eigenvalue weighted by Crippen LogP contribution is 2.55. The minimum atomic E-state index is 0. The number of fused-ring (bicyclic) bond motifs is 1. The Kier molecular flexibility index (Phi) is 3.98. The number of halogens is 1. The minimum absolute atomic E-state index is 0. The van der Waals surface area contributed by atoms with Gasteiger partial charge in [-0.3, -0.25) is 4.79 Å². The van der Waals surface area contributed by atoms with Crippen LogP contribution in [0.3, 0.4) is 0 Å². The fraction of sp³-hybridized carbons (Fsp3) is 0.611. The predicted molar refractivity (Wildman–Crippen MR) is 89.0 cm³/mol. The van der Waals surface area contributed by atoms with Gasteiger partial charge in [0.1, 0.15) is 11.5 Å². The van der Waals surface area contributed by atoms with Crippen LogP contribution in [-0.4, -0.2) is 37.4 Å². The first kappa shape index (κ1) is 15.8. The van der Waals surface area contributed by atoms with Crippen LogP contribution in [0.4, 0.5) is 0 Å². The molecule has 3 aliphatic rings. The zero-order valence-corrected chi connectivity index (χ0v) is 14.1. The molecule has 0 amide bonds. The van der Waals surface area contributed by atoms with Gasteiger partial charge in [0.25, 0.3) is 0 Å². The van der Waals surface area contributed by atoms with Gasteiger partial charge in [0.15, 0.2) is 0 Å². The number of Topliss-reactive ketones (excluding diaryl/α,β-unsaturated/α-hetero) is 1. The topological polar surface area (TPSA) is 29.5 Å². The number of ketones is 1. The molecule has 1 saturated heterocycles. The first-order valence-corrected chi connectivity index (χ1v) is 8.04. The zero-order valence-electron chi connectivity index (χ0n) is 13.3. The summed E-state index contributed by atoms with van der Waals surface area (Å²) in [7, 11) is 4.00. The van der Waals surface area contributed by atoms with E-state index in [1.54, 1.807) is 7.11 Å². The highest BCUT2D eigenvalue weighted by Gasteiger charge is 2.55. The van der Waals surface area contributed by atoms with Crippen LogP contribution < -0.4 is 4.74 Å². The average molecular weight is 322 g/mol. The molecule has 0 aromatic heterocycles.